The standard InChI is InChI=1S/C16H27NO2S/c1-12(2)17(13(3)4)20(18,19)15-10-8-14(9-11-15)16(5,6)7/h8-13H,1-7H3. The summed E-state index contributed by atoms with van der Waals surface area (Å²) in [5.41, 5.74) is 1.16. The summed E-state index contributed by atoms with van der Waals surface area (Å²) in [6.07, 6.45) is 0. The van der Waals surface area contributed by atoms with Gasteiger partial charge in [0.15, 0.2) is 0 Å². The molecule has 0 radical (unpaired) electrons. The summed E-state index contributed by atoms with van der Waals surface area (Å²) in [6, 6.07) is 7.14. The molecule has 20 heavy (non-hydrogen) atoms. The maximum Gasteiger partial charge on any atom is 0.243 e. The first-order valence-electron chi connectivity index (χ1n) is 7.12. The highest BCUT2D eigenvalue weighted by atomic mass is 32.2. The van der Waals surface area contributed by atoms with Gasteiger partial charge in [0.25, 0.3) is 0 Å². The molecule has 0 fully saturated rings. The van der Waals surface area contributed by atoms with Crippen molar-refractivity contribution in [3.8, 4) is 0 Å². The van der Waals surface area contributed by atoms with Crippen LogP contribution < -0.4 is 0 Å². The summed E-state index contributed by atoms with van der Waals surface area (Å²) in [5, 5.41) is 0. The van der Waals surface area contributed by atoms with Crippen molar-refractivity contribution in [2.75, 3.05) is 0 Å². The highest BCUT2D eigenvalue weighted by Gasteiger charge is 2.29. The molecule has 0 saturated carbocycles. The summed E-state index contributed by atoms with van der Waals surface area (Å²) in [5.74, 6) is 0. The Morgan fingerprint density at radius 2 is 1.30 bits per heavy atom. The Balaban J connectivity index is 3.23. The Kier molecular flexibility index (Phi) is 5.03. The zero-order valence-electron chi connectivity index (χ0n) is 13.6. The molecule has 1 rings (SSSR count). The van der Waals surface area contributed by atoms with Crippen molar-refractivity contribution in [1.29, 1.82) is 0 Å². The predicted octanol–water partition coefficient (Wildman–Crippen LogP) is 3.79. The molecular formula is C16H27NO2S. The van der Waals surface area contributed by atoms with Gasteiger partial charge in [0, 0.05) is 12.1 Å². The van der Waals surface area contributed by atoms with Gasteiger partial charge in [0.05, 0.1) is 4.90 Å². The van der Waals surface area contributed by atoms with Crippen LogP contribution in [0, 0.1) is 0 Å². The number of benzene rings is 1. The van der Waals surface area contributed by atoms with Gasteiger partial charge in [-0.1, -0.05) is 32.9 Å². The Morgan fingerprint density at radius 3 is 1.60 bits per heavy atom. The van der Waals surface area contributed by atoms with Crippen LogP contribution in [0.25, 0.3) is 0 Å². The van der Waals surface area contributed by atoms with Crippen LogP contribution in [0.2, 0.25) is 0 Å². The zero-order valence-corrected chi connectivity index (χ0v) is 14.5. The van der Waals surface area contributed by atoms with Crippen molar-refractivity contribution >= 4 is 10.0 Å². The van der Waals surface area contributed by atoms with Gasteiger partial charge in [-0.25, -0.2) is 8.42 Å². The molecule has 0 unspecified atom stereocenters. The van der Waals surface area contributed by atoms with Crippen molar-refractivity contribution in [2.45, 2.75) is 70.9 Å². The Morgan fingerprint density at radius 1 is 0.900 bits per heavy atom. The average Bonchev–Trinajstić information content (AvgIpc) is 2.26. The third-order valence-electron chi connectivity index (χ3n) is 3.31. The molecule has 4 heteroatoms. The van der Waals surface area contributed by atoms with E-state index >= 15 is 0 Å². The van der Waals surface area contributed by atoms with Crippen molar-refractivity contribution in [3.63, 3.8) is 0 Å². The first-order valence-corrected chi connectivity index (χ1v) is 8.56. The molecule has 0 N–H and O–H groups in total. The second-order valence-corrected chi connectivity index (χ2v) is 8.64. The molecule has 0 atom stereocenters. The lowest BCUT2D eigenvalue weighted by Gasteiger charge is -2.29. The molecule has 1 aromatic rings. The maximum absolute atomic E-state index is 12.7. The monoisotopic (exact) mass is 297 g/mol. The van der Waals surface area contributed by atoms with Gasteiger partial charge >= 0.3 is 0 Å². The van der Waals surface area contributed by atoms with E-state index in [1.54, 1.807) is 16.4 Å². The van der Waals surface area contributed by atoms with Crippen LogP contribution in [-0.2, 0) is 15.4 Å². The van der Waals surface area contributed by atoms with E-state index in [0.717, 1.165) is 5.56 Å². The van der Waals surface area contributed by atoms with Gasteiger partial charge in [-0.05, 0) is 50.8 Å². The van der Waals surface area contributed by atoms with Crippen LogP contribution in [0.15, 0.2) is 29.2 Å². The van der Waals surface area contributed by atoms with E-state index in [9.17, 15) is 8.42 Å². The number of rotatable bonds is 4. The van der Waals surface area contributed by atoms with E-state index in [4.69, 9.17) is 0 Å². The molecule has 0 aromatic heterocycles. The Labute approximate surface area is 124 Å². The van der Waals surface area contributed by atoms with Gasteiger partial charge < -0.3 is 0 Å². The molecule has 0 heterocycles. The normalized spacial score (nSPS) is 13.5. The van der Waals surface area contributed by atoms with Crippen LogP contribution in [0.4, 0.5) is 0 Å². The third kappa shape index (κ3) is 3.61. The first kappa shape index (κ1) is 17.2. The zero-order chi connectivity index (χ0) is 15.7. The predicted molar refractivity (Wildman–Crippen MR) is 84.4 cm³/mol. The van der Waals surface area contributed by atoms with Crippen LogP contribution in [0.1, 0.15) is 54.0 Å². The lowest BCUT2D eigenvalue weighted by atomic mass is 9.87. The van der Waals surface area contributed by atoms with Crippen LogP contribution >= 0.6 is 0 Å². The molecule has 0 saturated heterocycles. The van der Waals surface area contributed by atoms with E-state index < -0.39 is 10.0 Å². The smallest absolute Gasteiger partial charge is 0.207 e. The highest BCUT2D eigenvalue weighted by Crippen LogP contribution is 2.26. The lowest BCUT2D eigenvalue weighted by molar-refractivity contribution is 0.302. The molecule has 0 aliphatic heterocycles. The quantitative estimate of drug-likeness (QED) is 0.848. The van der Waals surface area contributed by atoms with Crippen molar-refractivity contribution in [1.82, 2.24) is 4.31 Å². The van der Waals surface area contributed by atoms with Gasteiger partial charge in [-0.2, -0.15) is 4.31 Å². The van der Waals surface area contributed by atoms with Crippen molar-refractivity contribution in [2.24, 2.45) is 0 Å². The number of hydrogen-bond donors (Lipinski definition) is 0. The van der Waals surface area contributed by atoms with E-state index in [2.05, 4.69) is 20.8 Å². The van der Waals surface area contributed by atoms with Gasteiger partial charge in [0.1, 0.15) is 0 Å². The molecule has 114 valence electrons. The summed E-state index contributed by atoms with van der Waals surface area (Å²) < 4.78 is 27.0. The molecule has 0 aliphatic carbocycles. The van der Waals surface area contributed by atoms with E-state index in [1.165, 1.54) is 0 Å². The molecular weight excluding hydrogens is 270 g/mol. The van der Waals surface area contributed by atoms with Gasteiger partial charge in [0.2, 0.25) is 10.0 Å². The summed E-state index contributed by atoms with van der Waals surface area (Å²) in [6.45, 7) is 14.0. The lowest BCUT2D eigenvalue weighted by Crippen LogP contribution is -2.41. The highest BCUT2D eigenvalue weighted by molar-refractivity contribution is 7.89. The minimum absolute atomic E-state index is 0.0259. The topological polar surface area (TPSA) is 37.4 Å². The van der Waals surface area contributed by atoms with E-state index in [-0.39, 0.29) is 17.5 Å². The fourth-order valence-electron chi connectivity index (χ4n) is 2.40. The molecule has 3 nitrogen and oxygen atoms in total. The van der Waals surface area contributed by atoms with Crippen LogP contribution in [-0.4, -0.2) is 24.8 Å². The average molecular weight is 297 g/mol. The fraction of sp³-hybridized carbons (Fsp3) is 0.625. The number of hydrogen-bond acceptors (Lipinski definition) is 2. The SMILES string of the molecule is CC(C)N(C(C)C)S(=O)(=O)c1ccc(C(C)(C)C)cc1. The van der Waals surface area contributed by atoms with Crippen molar-refractivity contribution in [3.05, 3.63) is 29.8 Å². The number of sulfonamides is 1. The van der Waals surface area contributed by atoms with Crippen LogP contribution in [0.3, 0.4) is 0 Å². The molecule has 0 bridgehead atoms. The minimum atomic E-state index is -3.43. The summed E-state index contributed by atoms with van der Waals surface area (Å²) in [4.78, 5) is 0.368. The number of nitrogens with zero attached hydrogens (tertiary/aromatic N) is 1. The maximum atomic E-state index is 12.7. The van der Waals surface area contributed by atoms with Gasteiger partial charge in [-0.3, -0.25) is 0 Å². The summed E-state index contributed by atoms with van der Waals surface area (Å²) in [7, 11) is -3.43. The Bertz CT molecular complexity index is 529. The van der Waals surface area contributed by atoms with Gasteiger partial charge in [-0.15, -0.1) is 0 Å². The molecule has 0 amide bonds. The third-order valence-corrected chi connectivity index (χ3v) is 5.58. The molecule has 1 aromatic carbocycles. The fourth-order valence-corrected chi connectivity index (χ4v) is 4.23. The van der Waals surface area contributed by atoms with Crippen LogP contribution in [0.5, 0.6) is 0 Å². The first-order chi connectivity index (χ1) is 8.98. The second kappa shape index (κ2) is 5.86. The Hall–Kier alpha value is -0.870. The van der Waals surface area contributed by atoms with Crippen molar-refractivity contribution < 1.29 is 8.42 Å². The largest absolute Gasteiger partial charge is 0.243 e. The molecule has 0 spiro atoms. The second-order valence-electron chi connectivity index (χ2n) is 6.80. The minimum Gasteiger partial charge on any atom is -0.207 e. The van der Waals surface area contributed by atoms with E-state index in [1.807, 2.05) is 39.8 Å². The summed E-state index contributed by atoms with van der Waals surface area (Å²) >= 11 is 0. The van der Waals surface area contributed by atoms with E-state index in [0.29, 0.717) is 4.90 Å². The molecule has 0 aliphatic rings.